The van der Waals surface area contributed by atoms with Crippen LogP contribution in [0.25, 0.3) is 10.9 Å². The lowest BCUT2D eigenvalue weighted by Crippen LogP contribution is -2.11. The van der Waals surface area contributed by atoms with Crippen LogP contribution in [-0.4, -0.2) is 16.1 Å². The van der Waals surface area contributed by atoms with E-state index >= 15 is 0 Å². The molecule has 0 fully saturated rings. The molecule has 0 saturated carbocycles. The zero-order valence-corrected chi connectivity index (χ0v) is 10.6. The third-order valence-corrected chi connectivity index (χ3v) is 2.86. The lowest BCUT2D eigenvalue weighted by molar-refractivity contribution is -0.127. The minimum absolute atomic E-state index is 0.0572. The van der Waals surface area contributed by atoms with Gasteiger partial charge in [-0.1, -0.05) is 0 Å². The van der Waals surface area contributed by atoms with Crippen molar-refractivity contribution in [1.29, 1.82) is 0 Å². The van der Waals surface area contributed by atoms with E-state index in [1.54, 1.807) is 0 Å². The van der Waals surface area contributed by atoms with Crippen LogP contribution >= 0.6 is 27.5 Å². The number of hydrogen-bond acceptors (Lipinski definition) is 2. The van der Waals surface area contributed by atoms with Gasteiger partial charge in [0.15, 0.2) is 0 Å². The summed E-state index contributed by atoms with van der Waals surface area (Å²) in [4.78, 5) is 7.68. The van der Waals surface area contributed by atoms with Crippen LogP contribution < -0.4 is 0 Å². The summed E-state index contributed by atoms with van der Waals surface area (Å²) in [6.07, 6.45) is -3.82. The lowest BCUT2D eigenvalue weighted by atomic mass is 10.1. The summed E-state index contributed by atoms with van der Waals surface area (Å²) in [5.41, 5.74) is 0.652. The van der Waals surface area contributed by atoms with Gasteiger partial charge in [-0.15, -0.1) is 0 Å². The third-order valence-electron chi connectivity index (χ3n) is 2.07. The van der Waals surface area contributed by atoms with Gasteiger partial charge in [-0.25, -0.2) is 9.97 Å². The molecule has 0 radical (unpaired) electrons. The fraction of sp³-hybridized carbons (Fsp3) is 0.200. The monoisotopic (exact) mass is 324 g/mol. The number of alkyl halides is 3. The molecule has 2 rings (SSSR count). The van der Waals surface area contributed by atoms with E-state index in [-0.39, 0.29) is 10.8 Å². The number of hydrogen-bond donors (Lipinski definition) is 0. The summed E-state index contributed by atoms with van der Waals surface area (Å²) in [7, 11) is 0. The molecule has 0 unspecified atom stereocenters. The van der Waals surface area contributed by atoms with Gasteiger partial charge in [-0.05, 0) is 45.2 Å². The highest BCUT2D eigenvalue weighted by Gasteiger charge is 2.28. The fourth-order valence-electron chi connectivity index (χ4n) is 1.47. The molecule has 0 spiro atoms. The minimum Gasteiger partial charge on any atom is -0.226 e. The predicted octanol–water partition coefficient (Wildman–Crippen LogP) is 4.15. The maximum atomic E-state index is 12.3. The van der Waals surface area contributed by atoms with E-state index in [0.717, 1.165) is 0 Å². The molecule has 0 N–H and O–H groups in total. The quantitative estimate of drug-likeness (QED) is 0.736. The Labute approximate surface area is 108 Å². The number of rotatable bonds is 1. The lowest BCUT2D eigenvalue weighted by Gasteiger charge is -2.08. The first-order valence-electron chi connectivity index (χ1n) is 4.52. The van der Waals surface area contributed by atoms with Crippen molar-refractivity contribution in [3.8, 4) is 0 Å². The van der Waals surface area contributed by atoms with Crippen molar-refractivity contribution < 1.29 is 13.2 Å². The van der Waals surface area contributed by atoms with Gasteiger partial charge in [0.05, 0.1) is 11.9 Å². The van der Waals surface area contributed by atoms with Crippen LogP contribution in [0, 0.1) is 0 Å². The van der Waals surface area contributed by atoms with Gasteiger partial charge in [-0.2, -0.15) is 13.2 Å². The third kappa shape index (κ3) is 3.07. The van der Waals surface area contributed by atoms with E-state index in [9.17, 15) is 13.2 Å². The zero-order chi connectivity index (χ0) is 12.6. The van der Waals surface area contributed by atoms with Crippen LogP contribution in [0.5, 0.6) is 0 Å². The Kier molecular flexibility index (Phi) is 3.27. The molecule has 1 heterocycles. The Morgan fingerprint density at radius 3 is 2.65 bits per heavy atom. The van der Waals surface area contributed by atoms with Crippen LogP contribution in [0.3, 0.4) is 0 Å². The number of fused-ring (bicyclic) bond motifs is 1. The normalized spacial score (nSPS) is 12.1. The molecule has 0 saturated heterocycles. The molecule has 0 atom stereocenters. The van der Waals surface area contributed by atoms with Crippen molar-refractivity contribution in [1.82, 2.24) is 9.97 Å². The van der Waals surface area contributed by atoms with Crippen LogP contribution in [0.15, 0.2) is 22.8 Å². The standard InChI is InChI=1S/C10H5BrClF3N2/c11-7-2-5(3-10(13,14)15)1-6-4-16-9(12)17-8(6)7/h1-2,4H,3H2. The highest BCUT2D eigenvalue weighted by Crippen LogP contribution is 2.28. The van der Waals surface area contributed by atoms with Gasteiger partial charge >= 0.3 is 6.18 Å². The van der Waals surface area contributed by atoms with Gasteiger partial charge < -0.3 is 0 Å². The zero-order valence-electron chi connectivity index (χ0n) is 8.22. The van der Waals surface area contributed by atoms with Gasteiger partial charge in [-0.3, -0.25) is 0 Å². The molecule has 0 amide bonds. The minimum atomic E-state index is -4.24. The van der Waals surface area contributed by atoms with Crippen LogP contribution in [0.2, 0.25) is 5.28 Å². The topological polar surface area (TPSA) is 25.8 Å². The summed E-state index contributed by atoms with van der Waals surface area (Å²) >= 11 is 8.79. The molecule has 2 nitrogen and oxygen atoms in total. The maximum Gasteiger partial charge on any atom is 0.393 e. The van der Waals surface area contributed by atoms with Gasteiger partial charge in [0.2, 0.25) is 5.28 Å². The Hall–Kier alpha value is -0.880. The van der Waals surface area contributed by atoms with E-state index in [2.05, 4.69) is 25.9 Å². The molecule has 0 bridgehead atoms. The first kappa shape index (κ1) is 12.6. The molecule has 0 aliphatic rings. The van der Waals surface area contributed by atoms with E-state index in [4.69, 9.17) is 11.6 Å². The molecule has 0 aliphatic heterocycles. The largest absolute Gasteiger partial charge is 0.393 e. The summed E-state index contributed by atoms with van der Waals surface area (Å²) in [6, 6.07) is 2.79. The van der Waals surface area contributed by atoms with Crippen molar-refractivity contribution in [2.45, 2.75) is 12.6 Å². The molecule has 0 aliphatic carbocycles. The Morgan fingerprint density at radius 2 is 2.00 bits per heavy atom. The summed E-state index contributed by atoms with van der Waals surface area (Å²) in [5.74, 6) is 0. The average molecular weight is 326 g/mol. The van der Waals surface area contributed by atoms with Crippen molar-refractivity contribution in [3.63, 3.8) is 0 Å². The smallest absolute Gasteiger partial charge is 0.226 e. The Balaban J connectivity index is 2.52. The molecule has 1 aromatic heterocycles. The van der Waals surface area contributed by atoms with Crippen molar-refractivity contribution in [2.24, 2.45) is 0 Å². The molecule has 17 heavy (non-hydrogen) atoms. The average Bonchev–Trinajstić information content (AvgIpc) is 2.17. The highest BCUT2D eigenvalue weighted by molar-refractivity contribution is 9.10. The van der Waals surface area contributed by atoms with E-state index in [1.165, 1.54) is 18.3 Å². The van der Waals surface area contributed by atoms with Crippen LogP contribution in [0.4, 0.5) is 13.2 Å². The van der Waals surface area contributed by atoms with Gasteiger partial charge in [0.1, 0.15) is 0 Å². The molecule has 1 aromatic carbocycles. The van der Waals surface area contributed by atoms with Gasteiger partial charge in [0, 0.05) is 16.1 Å². The molecule has 2 aromatic rings. The van der Waals surface area contributed by atoms with Gasteiger partial charge in [0.25, 0.3) is 0 Å². The predicted molar refractivity (Wildman–Crippen MR) is 62.0 cm³/mol. The highest BCUT2D eigenvalue weighted by atomic mass is 79.9. The number of halogens is 5. The summed E-state index contributed by atoms with van der Waals surface area (Å²) in [5, 5.41) is 0.574. The number of nitrogens with zero attached hydrogens (tertiary/aromatic N) is 2. The Bertz CT molecular complexity index is 571. The summed E-state index contributed by atoms with van der Waals surface area (Å²) < 4.78 is 37.3. The summed E-state index contributed by atoms with van der Waals surface area (Å²) in [6.45, 7) is 0. The fourth-order valence-corrected chi connectivity index (χ4v) is 2.22. The molecular formula is C10H5BrClF3N2. The Morgan fingerprint density at radius 1 is 1.29 bits per heavy atom. The van der Waals surface area contributed by atoms with Crippen molar-refractivity contribution in [2.75, 3.05) is 0 Å². The van der Waals surface area contributed by atoms with E-state index < -0.39 is 12.6 Å². The molecule has 90 valence electrons. The van der Waals surface area contributed by atoms with Crippen molar-refractivity contribution in [3.05, 3.63) is 33.6 Å². The first-order valence-corrected chi connectivity index (χ1v) is 5.70. The number of aromatic nitrogens is 2. The second-order valence-electron chi connectivity index (χ2n) is 3.45. The molecular weight excluding hydrogens is 320 g/mol. The first-order chi connectivity index (χ1) is 7.85. The van der Waals surface area contributed by atoms with Crippen LogP contribution in [0.1, 0.15) is 5.56 Å². The number of benzene rings is 1. The van der Waals surface area contributed by atoms with Crippen LogP contribution in [-0.2, 0) is 6.42 Å². The van der Waals surface area contributed by atoms with E-state index in [1.807, 2.05) is 0 Å². The maximum absolute atomic E-state index is 12.3. The SMILES string of the molecule is FC(F)(F)Cc1cc(Br)c2nc(Cl)ncc2c1. The second-order valence-corrected chi connectivity index (χ2v) is 4.64. The molecule has 7 heteroatoms. The second kappa shape index (κ2) is 4.42. The van der Waals surface area contributed by atoms with E-state index in [0.29, 0.717) is 15.4 Å². The van der Waals surface area contributed by atoms with Crippen molar-refractivity contribution >= 4 is 38.4 Å².